The molecule has 0 aliphatic rings. The Balaban J connectivity index is 3.31. The minimum Gasteiger partial charge on any atom is -0.303 e. The predicted molar refractivity (Wildman–Crippen MR) is 47.5 cm³/mol. The van der Waals surface area contributed by atoms with Crippen LogP contribution in [0.3, 0.4) is 0 Å². The Morgan fingerprint density at radius 2 is 2.00 bits per heavy atom. The molecule has 0 saturated carbocycles. The Morgan fingerprint density at radius 1 is 1.40 bits per heavy atom. The summed E-state index contributed by atoms with van der Waals surface area (Å²) >= 11 is 0. The van der Waals surface area contributed by atoms with E-state index in [0.29, 0.717) is 18.4 Å². The summed E-state index contributed by atoms with van der Waals surface area (Å²) in [4.78, 5) is 19.6. The third-order valence-corrected chi connectivity index (χ3v) is 1.96. The first-order valence-electron chi connectivity index (χ1n) is 4.06. The number of carbonyl (C=O) groups excluding carboxylic acids is 1. The van der Waals surface area contributed by atoms with Crippen molar-refractivity contribution in [1.82, 2.24) is 0 Å². The molecule has 1 unspecified atom stereocenters. The summed E-state index contributed by atoms with van der Waals surface area (Å²) in [6, 6.07) is 1.15. The Hall–Kier alpha value is -1.85. The molecule has 1 rings (SSSR count). The molecule has 0 radical (unpaired) electrons. The highest BCUT2D eigenvalue weighted by molar-refractivity contribution is 5.62. The smallest absolute Gasteiger partial charge is 0.303 e. The van der Waals surface area contributed by atoms with Crippen molar-refractivity contribution in [3.63, 3.8) is 0 Å². The maximum absolute atomic E-state index is 13.2. The van der Waals surface area contributed by atoms with Crippen LogP contribution in [0.5, 0.6) is 0 Å². The number of rotatable bonds is 3. The van der Waals surface area contributed by atoms with E-state index in [-0.39, 0.29) is 5.56 Å². The van der Waals surface area contributed by atoms with E-state index in [1.54, 1.807) is 0 Å². The minimum absolute atomic E-state index is 0.187. The lowest BCUT2D eigenvalue weighted by atomic mass is 10.0. The quantitative estimate of drug-likeness (QED) is 0.441. The molecule has 0 amide bonds. The zero-order chi connectivity index (χ0) is 11.6. The number of carbonyl (C=O) groups is 1. The molecule has 80 valence electrons. The second kappa shape index (κ2) is 4.12. The number of hydrogen-bond acceptors (Lipinski definition) is 3. The average molecular weight is 215 g/mol. The molecule has 0 bridgehead atoms. The molecule has 6 heteroatoms. The highest BCUT2D eigenvalue weighted by Crippen LogP contribution is 2.25. The van der Waals surface area contributed by atoms with Gasteiger partial charge in [0.15, 0.2) is 0 Å². The third-order valence-electron chi connectivity index (χ3n) is 1.96. The second-order valence-electron chi connectivity index (χ2n) is 3.01. The Bertz CT molecular complexity index is 420. The average Bonchev–Trinajstić information content (AvgIpc) is 2.19. The van der Waals surface area contributed by atoms with Crippen LogP contribution in [0, 0.1) is 21.7 Å². The zero-order valence-corrected chi connectivity index (χ0v) is 7.74. The molecule has 0 fully saturated rings. The van der Waals surface area contributed by atoms with Crippen LogP contribution in [0.4, 0.5) is 14.5 Å². The zero-order valence-electron chi connectivity index (χ0n) is 7.74. The van der Waals surface area contributed by atoms with Gasteiger partial charge in [-0.25, -0.2) is 4.39 Å². The van der Waals surface area contributed by atoms with Gasteiger partial charge in [-0.2, -0.15) is 4.39 Å². The topological polar surface area (TPSA) is 60.2 Å². The van der Waals surface area contributed by atoms with Gasteiger partial charge in [0, 0.05) is 11.5 Å². The molecular weight excluding hydrogens is 208 g/mol. The fourth-order valence-electron chi connectivity index (χ4n) is 1.11. The lowest BCUT2D eigenvalue weighted by Crippen LogP contribution is -2.02. The maximum atomic E-state index is 13.2. The van der Waals surface area contributed by atoms with Crippen LogP contribution < -0.4 is 0 Å². The number of aldehydes is 1. The van der Waals surface area contributed by atoms with Gasteiger partial charge in [0.05, 0.1) is 11.0 Å². The van der Waals surface area contributed by atoms with E-state index in [9.17, 15) is 23.7 Å². The monoisotopic (exact) mass is 215 g/mol. The number of halogens is 2. The minimum atomic E-state index is -1.15. The Kier molecular flexibility index (Phi) is 3.08. The van der Waals surface area contributed by atoms with E-state index in [0.717, 1.165) is 0 Å². The van der Waals surface area contributed by atoms with Crippen LogP contribution in [0.15, 0.2) is 12.1 Å². The van der Waals surface area contributed by atoms with Crippen LogP contribution in [-0.4, -0.2) is 11.2 Å². The summed E-state index contributed by atoms with van der Waals surface area (Å²) in [7, 11) is 0. The van der Waals surface area contributed by atoms with Crippen molar-refractivity contribution >= 4 is 12.0 Å². The summed E-state index contributed by atoms with van der Waals surface area (Å²) in [5, 5.41) is 10.3. The van der Waals surface area contributed by atoms with Crippen molar-refractivity contribution in [2.75, 3.05) is 0 Å². The van der Waals surface area contributed by atoms with Crippen molar-refractivity contribution in [3.8, 4) is 0 Å². The highest BCUT2D eigenvalue weighted by Gasteiger charge is 2.20. The molecule has 15 heavy (non-hydrogen) atoms. The molecule has 0 spiro atoms. The van der Waals surface area contributed by atoms with Crippen LogP contribution in [0.25, 0.3) is 0 Å². The van der Waals surface area contributed by atoms with Gasteiger partial charge < -0.3 is 4.79 Å². The Morgan fingerprint density at radius 3 is 2.47 bits per heavy atom. The first-order chi connectivity index (χ1) is 6.97. The SMILES string of the molecule is CC(C=O)c1cc(F)c([N+](=O)[O-])cc1F. The van der Waals surface area contributed by atoms with Crippen molar-refractivity contribution < 1.29 is 18.5 Å². The van der Waals surface area contributed by atoms with E-state index < -0.39 is 28.2 Å². The predicted octanol–water partition coefficient (Wildman–Crippen LogP) is 2.18. The highest BCUT2D eigenvalue weighted by atomic mass is 19.1. The lowest BCUT2D eigenvalue weighted by molar-refractivity contribution is -0.387. The van der Waals surface area contributed by atoms with Crippen LogP contribution in [0.1, 0.15) is 18.4 Å². The molecule has 0 saturated heterocycles. The summed E-state index contributed by atoms with van der Waals surface area (Å²) in [6.07, 6.45) is 0.434. The van der Waals surface area contributed by atoms with Crippen molar-refractivity contribution in [1.29, 1.82) is 0 Å². The van der Waals surface area contributed by atoms with Gasteiger partial charge in [0.2, 0.25) is 5.82 Å². The molecular formula is C9H7F2NO3. The van der Waals surface area contributed by atoms with E-state index in [2.05, 4.69) is 0 Å². The number of nitro groups is 1. The molecule has 0 heterocycles. The first-order valence-corrected chi connectivity index (χ1v) is 4.06. The van der Waals surface area contributed by atoms with E-state index in [1.165, 1.54) is 6.92 Å². The van der Waals surface area contributed by atoms with Crippen molar-refractivity contribution in [3.05, 3.63) is 39.4 Å². The fraction of sp³-hybridized carbons (Fsp3) is 0.222. The first kappa shape index (κ1) is 11.2. The summed E-state index contributed by atoms with van der Waals surface area (Å²) in [6.45, 7) is 1.37. The van der Waals surface area contributed by atoms with Crippen LogP contribution >= 0.6 is 0 Å². The number of hydrogen-bond donors (Lipinski definition) is 0. The maximum Gasteiger partial charge on any atom is 0.307 e. The summed E-state index contributed by atoms with van der Waals surface area (Å²) in [5.41, 5.74) is -1.12. The standard InChI is InChI=1S/C9H7F2NO3/c1-5(4-13)6-2-8(11)9(12(14)15)3-7(6)10/h2-5H,1H3. The van der Waals surface area contributed by atoms with E-state index in [1.807, 2.05) is 0 Å². The van der Waals surface area contributed by atoms with Crippen LogP contribution in [0.2, 0.25) is 0 Å². The van der Waals surface area contributed by atoms with Crippen molar-refractivity contribution in [2.24, 2.45) is 0 Å². The second-order valence-corrected chi connectivity index (χ2v) is 3.01. The number of nitro benzene ring substituents is 1. The lowest BCUT2D eigenvalue weighted by Gasteiger charge is -2.05. The normalized spacial score (nSPS) is 12.2. The largest absolute Gasteiger partial charge is 0.307 e. The third kappa shape index (κ3) is 2.15. The van der Waals surface area contributed by atoms with Crippen LogP contribution in [-0.2, 0) is 4.79 Å². The molecule has 0 aliphatic carbocycles. The van der Waals surface area contributed by atoms with Gasteiger partial charge in [-0.1, -0.05) is 6.92 Å². The molecule has 1 aromatic rings. The van der Waals surface area contributed by atoms with Gasteiger partial charge in [0.25, 0.3) is 0 Å². The van der Waals surface area contributed by atoms with Gasteiger partial charge in [-0.3, -0.25) is 10.1 Å². The van der Waals surface area contributed by atoms with Gasteiger partial charge >= 0.3 is 5.69 Å². The van der Waals surface area contributed by atoms with E-state index in [4.69, 9.17) is 0 Å². The molecule has 0 aromatic heterocycles. The van der Waals surface area contributed by atoms with E-state index >= 15 is 0 Å². The molecule has 0 aliphatic heterocycles. The summed E-state index contributed by atoms with van der Waals surface area (Å²) in [5.74, 6) is -2.94. The molecule has 1 atom stereocenters. The number of benzene rings is 1. The van der Waals surface area contributed by atoms with Gasteiger partial charge in [-0.05, 0) is 6.07 Å². The fourth-order valence-corrected chi connectivity index (χ4v) is 1.11. The summed E-state index contributed by atoms with van der Waals surface area (Å²) < 4.78 is 26.3. The molecule has 0 N–H and O–H groups in total. The van der Waals surface area contributed by atoms with Crippen molar-refractivity contribution in [2.45, 2.75) is 12.8 Å². The Labute approximate surface area is 83.7 Å². The number of nitrogens with zero attached hydrogens (tertiary/aromatic N) is 1. The molecule has 1 aromatic carbocycles. The molecule has 4 nitrogen and oxygen atoms in total. The van der Waals surface area contributed by atoms with Gasteiger partial charge in [-0.15, -0.1) is 0 Å². The van der Waals surface area contributed by atoms with Gasteiger partial charge in [0.1, 0.15) is 12.1 Å².